The number of aliphatic hydroxyl groups excluding tert-OH is 1. The average Bonchev–Trinajstić information content (AvgIpc) is 2.79. The van der Waals surface area contributed by atoms with Gasteiger partial charge >= 0.3 is 5.97 Å². The Morgan fingerprint density at radius 1 is 1.27 bits per heavy atom. The minimum atomic E-state index is -0.615. The Hall–Kier alpha value is -3.26. The fraction of sp³-hybridized carbons (Fsp3) is 0.440. The summed E-state index contributed by atoms with van der Waals surface area (Å²) < 4.78 is 11.8. The largest absolute Gasteiger partial charge is 0.486 e. The quantitative estimate of drug-likeness (QED) is 0.311. The first-order valence-electron chi connectivity index (χ1n) is 10.9. The first-order chi connectivity index (χ1) is 15.5. The maximum absolute atomic E-state index is 12.4. The standard InChI is InChI=1S/C25H27NO7/c1-24(2)20-12-17-10-15(14-32-23(29)16-4-6-19(7-5-16)26(30)31)11-18(13-27)22(17)33-25(20,3)9-8-21(24)28/h4-7,10-11,13,20-21,28H,8-9,12,14H2,1-3H3/t20-,21-,25-/m1/s1. The van der Waals surface area contributed by atoms with Gasteiger partial charge in [0, 0.05) is 18.1 Å². The van der Waals surface area contributed by atoms with E-state index in [2.05, 4.69) is 0 Å². The highest BCUT2D eigenvalue weighted by Crippen LogP contribution is 2.53. The number of aliphatic hydroxyl groups is 1. The van der Waals surface area contributed by atoms with Crippen LogP contribution in [0, 0.1) is 21.4 Å². The van der Waals surface area contributed by atoms with E-state index in [1.165, 1.54) is 24.3 Å². The van der Waals surface area contributed by atoms with Crippen LogP contribution < -0.4 is 4.74 Å². The number of carbonyl (C=O) groups is 2. The van der Waals surface area contributed by atoms with Gasteiger partial charge in [-0.25, -0.2) is 4.79 Å². The lowest BCUT2D eigenvalue weighted by atomic mass is 9.57. The smallest absolute Gasteiger partial charge is 0.338 e. The second-order valence-electron chi connectivity index (χ2n) is 9.72. The second-order valence-corrected chi connectivity index (χ2v) is 9.72. The zero-order chi connectivity index (χ0) is 24.0. The summed E-state index contributed by atoms with van der Waals surface area (Å²) in [6.45, 7) is 6.08. The minimum Gasteiger partial charge on any atom is -0.486 e. The van der Waals surface area contributed by atoms with Crippen molar-refractivity contribution in [2.45, 2.75) is 58.3 Å². The number of benzene rings is 2. The molecule has 1 aliphatic carbocycles. The highest BCUT2D eigenvalue weighted by atomic mass is 16.6. The molecule has 8 nitrogen and oxygen atoms in total. The molecule has 0 spiro atoms. The van der Waals surface area contributed by atoms with Gasteiger partial charge in [-0.05, 0) is 67.0 Å². The molecular formula is C25H27NO7. The fourth-order valence-electron chi connectivity index (χ4n) is 5.22. The van der Waals surface area contributed by atoms with Crippen molar-refractivity contribution >= 4 is 17.9 Å². The summed E-state index contributed by atoms with van der Waals surface area (Å²) >= 11 is 0. The minimum absolute atomic E-state index is 0.0543. The van der Waals surface area contributed by atoms with Crippen LogP contribution in [0.15, 0.2) is 36.4 Å². The summed E-state index contributed by atoms with van der Waals surface area (Å²) in [5.41, 5.74) is 1.16. The first-order valence-corrected chi connectivity index (χ1v) is 10.9. The van der Waals surface area contributed by atoms with Crippen molar-refractivity contribution in [3.8, 4) is 5.75 Å². The molecular weight excluding hydrogens is 426 g/mol. The molecule has 2 aliphatic rings. The van der Waals surface area contributed by atoms with Gasteiger partial charge in [-0.3, -0.25) is 14.9 Å². The molecule has 4 rings (SSSR count). The van der Waals surface area contributed by atoms with Crippen molar-refractivity contribution in [3.63, 3.8) is 0 Å². The van der Waals surface area contributed by atoms with Gasteiger partial charge in [0.05, 0.1) is 22.2 Å². The molecule has 8 heteroatoms. The van der Waals surface area contributed by atoms with E-state index < -0.39 is 22.6 Å². The Bertz CT molecular complexity index is 1110. The van der Waals surface area contributed by atoms with Crippen LogP contribution in [0.3, 0.4) is 0 Å². The molecule has 1 heterocycles. The molecule has 0 radical (unpaired) electrons. The number of aldehydes is 1. The van der Waals surface area contributed by atoms with Crippen molar-refractivity contribution in [1.82, 2.24) is 0 Å². The van der Waals surface area contributed by atoms with Crippen LogP contribution in [0.1, 0.15) is 65.5 Å². The number of non-ortho nitro benzene ring substituents is 1. The number of ether oxygens (including phenoxy) is 2. The highest BCUT2D eigenvalue weighted by molar-refractivity contribution is 5.89. The van der Waals surface area contributed by atoms with Crippen molar-refractivity contribution < 1.29 is 29.1 Å². The Kier molecular flexibility index (Phi) is 5.74. The van der Waals surface area contributed by atoms with Gasteiger partial charge in [-0.2, -0.15) is 0 Å². The summed E-state index contributed by atoms with van der Waals surface area (Å²) in [7, 11) is 0. The second kappa shape index (κ2) is 8.26. The van der Waals surface area contributed by atoms with Gasteiger partial charge in [-0.1, -0.05) is 13.8 Å². The molecule has 33 heavy (non-hydrogen) atoms. The number of hydrogen-bond donors (Lipinski definition) is 1. The molecule has 1 saturated carbocycles. The van der Waals surface area contributed by atoms with E-state index in [0.717, 1.165) is 11.8 Å². The zero-order valence-corrected chi connectivity index (χ0v) is 18.9. The number of fused-ring (bicyclic) bond motifs is 2. The molecule has 2 aromatic rings. The van der Waals surface area contributed by atoms with E-state index in [1.807, 2.05) is 26.8 Å². The Morgan fingerprint density at radius 3 is 2.61 bits per heavy atom. The van der Waals surface area contributed by atoms with Gasteiger partial charge in [-0.15, -0.1) is 0 Å². The third kappa shape index (κ3) is 4.11. The number of nitro groups is 1. The van der Waals surface area contributed by atoms with E-state index >= 15 is 0 Å². The predicted octanol–water partition coefficient (Wildman–Crippen LogP) is 4.26. The number of esters is 1. The maximum atomic E-state index is 12.4. The monoisotopic (exact) mass is 453 g/mol. The van der Waals surface area contributed by atoms with E-state index in [9.17, 15) is 24.8 Å². The van der Waals surface area contributed by atoms with Gasteiger partial charge in [0.25, 0.3) is 5.69 Å². The van der Waals surface area contributed by atoms with Gasteiger partial charge in [0.15, 0.2) is 6.29 Å². The molecule has 2 aromatic carbocycles. The Labute approximate surface area is 191 Å². The maximum Gasteiger partial charge on any atom is 0.338 e. The van der Waals surface area contributed by atoms with Crippen molar-refractivity contribution in [2.24, 2.45) is 11.3 Å². The number of hydrogen-bond acceptors (Lipinski definition) is 7. The Balaban J connectivity index is 1.56. The molecule has 0 unspecified atom stereocenters. The summed E-state index contributed by atoms with van der Waals surface area (Å²) in [5.74, 6) is -0.00400. The number of carbonyl (C=O) groups excluding carboxylic acids is 2. The van der Waals surface area contributed by atoms with Crippen molar-refractivity contribution in [2.75, 3.05) is 0 Å². The van der Waals surface area contributed by atoms with Gasteiger partial charge in [0.2, 0.25) is 0 Å². The van der Waals surface area contributed by atoms with Crippen molar-refractivity contribution in [1.29, 1.82) is 0 Å². The van der Waals surface area contributed by atoms with Crippen LogP contribution in [0.4, 0.5) is 5.69 Å². The first kappa shape index (κ1) is 22.9. The lowest BCUT2D eigenvalue weighted by molar-refractivity contribution is -0.384. The average molecular weight is 453 g/mol. The van der Waals surface area contributed by atoms with Crippen LogP contribution >= 0.6 is 0 Å². The fourth-order valence-corrected chi connectivity index (χ4v) is 5.22. The lowest BCUT2D eigenvalue weighted by Gasteiger charge is -2.55. The predicted molar refractivity (Wildman–Crippen MR) is 119 cm³/mol. The van der Waals surface area contributed by atoms with Crippen LogP contribution in [-0.2, 0) is 17.8 Å². The van der Waals surface area contributed by atoms with Gasteiger partial charge in [0.1, 0.15) is 18.0 Å². The van der Waals surface area contributed by atoms with Crippen LogP contribution in [-0.4, -0.2) is 34.0 Å². The van der Waals surface area contributed by atoms with E-state index in [-0.39, 0.29) is 29.2 Å². The molecule has 1 N–H and O–H groups in total. The van der Waals surface area contributed by atoms with Crippen molar-refractivity contribution in [3.05, 3.63) is 68.8 Å². The Morgan fingerprint density at radius 2 is 1.97 bits per heavy atom. The number of nitro benzene ring substituents is 1. The molecule has 0 amide bonds. The van der Waals surface area contributed by atoms with E-state index in [0.29, 0.717) is 36.1 Å². The number of nitrogens with zero attached hydrogens (tertiary/aromatic N) is 1. The SMILES string of the molecule is CC1(C)[C@H](O)CC[C@@]2(C)Oc3c(C=O)cc(COC(=O)c4ccc([N+](=O)[O-])cc4)cc3C[C@H]12. The van der Waals surface area contributed by atoms with Crippen LogP contribution in [0.5, 0.6) is 5.75 Å². The highest BCUT2D eigenvalue weighted by Gasteiger charge is 2.54. The zero-order valence-electron chi connectivity index (χ0n) is 18.9. The van der Waals surface area contributed by atoms with E-state index in [4.69, 9.17) is 9.47 Å². The third-order valence-electron chi connectivity index (χ3n) is 7.23. The topological polar surface area (TPSA) is 116 Å². The number of rotatable bonds is 5. The molecule has 0 aromatic heterocycles. The summed E-state index contributed by atoms with van der Waals surface area (Å²) in [6, 6.07) is 8.71. The molecule has 174 valence electrons. The summed E-state index contributed by atoms with van der Waals surface area (Å²) in [6.07, 6.45) is 2.29. The van der Waals surface area contributed by atoms with E-state index in [1.54, 1.807) is 6.07 Å². The summed E-state index contributed by atoms with van der Waals surface area (Å²) in [4.78, 5) is 34.5. The molecule has 0 saturated heterocycles. The molecule has 1 aliphatic heterocycles. The normalized spacial score (nSPS) is 25.2. The summed E-state index contributed by atoms with van der Waals surface area (Å²) in [5, 5.41) is 21.4. The molecule has 0 bridgehead atoms. The van der Waals surface area contributed by atoms with Gasteiger partial charge < -0.3 is 14.6 Å². The van der Waals surface area contributed by atoms with Crippen LogP contribution in [0.2, 0.25) is 0 Å². The van der Waals surface area contributed by atoms with Crippen LogP contribution in [0.25, 0.3) is 0 Å². The molecule has 3 atom stereocenters. The third-order valence-corrected chi connectivity index (χ3v) is 7.23. The molecule has 1 fully saturated rings. The lowest BCUT2D eigenvalue weighted by Crippen LogP contribution is -2.58.